The standard InChI is InChI=1S/C12H14FN3O4/c1-3-15(2)11(17)7-14-12(18)9-6-8(16(19)20)4-5-10(9)13/h4-6H,3,7H2,1-2H3,(H,14,18). The highest BCUT2D eigenvalue weighted by molar-refractivity contribution is 5.97. The van der Waals surface area contributed by atoms with Crippen LogP contribution in [0.5, 0.6) is 0 Å². The highest BCUT2D eigenvalue weighted by atomic mass is 19.1. The molecular formula is C12H14FN3O4. The fraction of sp³-hybridized carbons (Fsp3) is 0.333. The molecule has 0 fully saturated rings. The van der Waals surface area contributed by atoms with Gasteiger partial charge in [-0.3, -0.25) is 19.7 Å². The smallest absolute Gasteiger partial charge is 0.270 e. The van der Waals surface area contributed by atoms with E-state index in [0.29, 0.717) is 6.54 Å². The third-order valence-electron chi connectivity index (χ3n) is 2.71. The second-order valence-electron chi connectivity index (χ2n) is 4.01. The molecule has 0 saturated carbocycles. The number of likely N-dealkylation sites (N-methyl/N-ethyl adjacent to an activating group) is 1. The summed E-state index contributed by atoms with van der Waals surface area (Å²) in [4.78, 5) is 34.4. The molecule has 0 atom stereocenters. The summed E-state index contributed by atoms with van der Waals surface area (Å²) in [6.07, 6.45) is 0. The minimum atomic E-state index is -0.885. The number of nitro benzene ring substituents is 1. The van der Waals surface area contributed by atoms with Crippen LogP contribution in [0.15, 0.2) is 18.2 Å². The first kappa shape index (κ1) is 15.5. The average Bonchev–Trinajstić information content (AvgIpc) is 2.43. The number of carbonyl (C=O) groups excluding carboxylic acids is 2. The zero-order valence-corrected chi connectivity index (χ0v) is 11.1. The minimum absolute atomic E-state index is 0.300. The highest BCUT2D eigenvalue weighted by Gasteiger charge is 2.18. The maximum absolute atomic E-state index is 13.5. The molecule has 7 nitrogen and oxygen atoms in total. The van der Waals surface area contributed by atoms with Crippen LogP contribution >= 0.6 is 0 Å². The number of hydrogen-bond acceptors (Lipinski definition) is 4. The lowest BCUT2D eigenvalue weighted by molar-refractivity contribution is -0.384. The Kier molecular flexibility index (Phi) is 5.13. The van der Waals surface area contributed by atoms with Crippen LogP contribution in [0.4, 0.5) is 10.1 Å². The van der Waals surface area contributed by atoms with Gasteiger partial charge in [-0.2, -0.15) is 0 Å². The molecule has 0 bridgehead atoms. The molecule has 1 rings (SSSR count). The number of rotatable bonds is 5. The van der Waals surface area contributed by atoms with Gasteiger partial charge < -0.3 is 10.2 Å². The molecule has 108 valence electrons. The lowest BCUT2D eigenvalue weighted by atomic mass is 10.1. The molecule has 2 amide bonds. The third-order valence-corrected chi connectivity index (χ3v) is 2.71. The van der Waals surface area contributed by atoms with E-state index in [0.717, 1.165) is 18.2 Å². The van der Waals surface area contributed by atoms with Gasteiger partial charge in [-0.15, -0.1) is 0 Å². The van der Waals surface area contributed by atoms with Crippen molar-refractivity contribution in [3.05, 3.63) is 39.7 Å². The van der Waals surface area contributed by atoms with Crippen LogP contribution in [-0.4, -0.2) is 41.8 Å². The van der Waals surface area contributed by atoms with E-state index >= 15 is 0 Å². The van der Waals surface area contributed by atoms with Gasteiger partial charge in [0.2, 0.25) is 5.91 Å². The van der Waals surface area contributed by atoms with Gasteiger partial charge in [0.15, 0.2) is 0 Å². The van der Waals surface area contributed by atoms with Crippen molar-refractivity contribution in [1.82, 2.24) is 10.2 Å². The summed E-state index contributed by atoms with van der Waals surface area (Å²) in [5, 5.41) is 12.8. The van der Waals surface area contributed by atoms with E-state index in [1.165, 1.54) is 4.90 Å². The SMILES string of the molecule is CCN(C)C(=O)CNC(=O)c1cc([N+](=O)[O-])ccc1F. The summed E-state index contributed by atoms with van der Waals surface area (Å²) in [6, 6.07) is 2.63. The van der Waals surface area contributed by atoms with Crippen molar-refractivity contribution in [2.45, 2.75) is 6.92 Å². The number of hydrogen-bond donors (Lipinski definition) is 1. The number of nitro groups is 1. The van der Waals surface area contributed by atoms with Crippen molar-refractivity contribution >= 4 is 17.5 Å². The van der Waals surface area contributed by atoms with Gasteiger partial charge in [0.25, 0.3) is 11.6 Å². The number of halogens is 1. The number of nitrogens with one attached hydrogen (secondary N) is 1. The topological polar surface area (TPSA) is 92.6 Å². The van der Waals surface area contributed by atoms with E-state index in [2.05, 4.69) is 5.32 Å². The molecule has 1 N–H and O–H groups in total. The second kappa shape index (κ2) is 6.60. The third kappa shape index (κ3) is 3.74. The molecule has 0 aliphatic rings. The predicted octanol–water partition coefficient (Wildman–Crippen LogP) is 0.942. The van der Waals surface area contributed by atoms with Crippen molar-refractivity contribution in [2.75, 3.05) is 20.1 Å². The molecule has 0 aliphatic carbocycles. The first-order chi connectivity index (χ1) is 9.36. The maximum Gasteiger partial charge on any atom is 0.270 e. The Hall–Kier alpha value is -2.51. The van der Waals surface area contributed by atoms with Crippen molar-refractivity contribution in [1.29, 1.82) is 0 Å². The van der Waals surface area contributed by atoms with E-state index in [4.69, 9.17) is 0 Å². The molecule has 0 aromatic heterocycles. The van der Waals surface area contributed by atoms with Crippen LogP contribution in [0.3, 0.4) is 0 Å². The van der Waals surface area contributed by atoms with Crippen molar-refractivity contribution in [3.63, 3.8) is 0 Å². The van der Waals surface area contributed by atoms with E-state index in [9.17, 15) is 24.1 Å². The first-order valence-corrected chi connectivity index (χ1v) is 5.83. The Labute approximate surface area is 114 Å². The predicted molar refractivity (Wildman–Crippen MR) is 68.7 cm³/mol. The van der Waals surface area contributed by atoms with Crippen LogP contribution in [0, 0.1) is 15.9 Å². The molecule has 0 saturated heterocycles. The molecule has 0 spiro atoms. The van der Waals surface area contributed by atoms with Crippen LogP contribution in [0.1, 0.15) is 17.3 Å². The number of amides is 2. The fourth-order valence-electron chi connectivity index (χ4n) is 1.36. The quantitative estimate of drug-likeness (QED) is 0.643. The largest absolute Gasteiger partial charge is 0.345 e. The summed E-state index contributed by atoms with van der Waals surface area (Å²) in [5.41, 5.74) is -0.861. The molecule has 1 aromatic carbocycles. The van der Waals surface area contributed by atoms with Crippen molar-refractivity contribution in [3.8, 4) is 0 Å². The van der Waals surface area contributed by atoms with E-state index in [1.54, 1.807) is 14.0 Å². The Bertz CT molecular complexity index is 548. The molecular weight excluding hydrogens is 269 g/mol. The van der Waals surface area contributed by atoms with Crippen molar-refractivity contribution < 1.29 is 18.9 Å². The highest BCUT2D eigenvalue weighted by Crippen LogP contribution is 2.16. The molecule has 8 heteroatoms. The lowest BCUT2D eigenvalue weighted by Gasteiger charge is -2.14. The fourth-order valence-corrected chi connectivity index (χ4v) is 1.36. The summed E-state index contributed by atoms with van der Waals surface area (Å²) in [5.74, 6) is -2.10. The van der Waals surface area contributed by atoms with Gasteiger partial charge in [-0.25, -0.2) is 4.39 Å². The Morgan fingerprint density at radius 3 is 2.65 bits per heavy atom. The van der Waals surface area contributed by atoms with Gasteiger partial charge in [0, 0.05) is 25.7 Å². The molecule has 0 unspecified atom stereocenters. The Morgan fingerprint density at radius 1 is 1.45 bits per heavy atom. The van der Waals surface area contributed by atoms with Gasteiger partial charge in [0.1, 0.15) is 5.82 Å². The lowest BCUT2D eigenvalue weighted by Crippen LogP contribution is -2.38. The zero-order chi connectivity index (χ0) is 15.3. The van der Waals surface area contributed by atoms with E-state index < -0.39 is 27.9 Å². The van der Waals surface area contributed by atoms with Gasteiger partial charge in [-0.1, -0.05) is 0 Å². The first-order valence-electron chi connectivity index (χ1n) is 5.83. The number of nitrogens with zero attached hydrogens (tertiary/aromatic N) is 2. The summed E-state index contributed by atoms with van der Waals surface area (Å²) < 4.78 is 13.5. The van der Waals surface area contributed by atoms with E-state index in [1.807, 2.05) is 0 Å². The van der Waals surface area contributed by atoms with Gasteiger partial charge in [-0.05, 0) is 13.0 Å². The summed E-state index contributed by atoms with van der Waals surface area (Å²) in [7, 11) is 1.56. The number of carbonyl (C=O) groups is 2. The van der Waals surface area contributed by atoms with E-state index in [-0.39, 0.29) is 12.5 Å². The zero-order valence-electron chi connectivity index (χ0n) is 11.1. The van der Waals surface area contributed by atoms with Crippen molar-refractivity contribution in [2.24, 2.45) is 0 Å². The average molecular weight is 283 g/mol. The number of non-ortho nitro benzene ring substituents is 1. The molecule has 0 radical (unpaired) electrons. The van der Waals surface area contributed by atoms with Gasteiger partial charge in [0.05, 0.1) is 17.0 Å². The summed E-state index contributed by atoms with van der Waals surface area (Å²) in [6.45, 7) is 1.94. The molecule has 20 heavy (non-hydrogen) atoms. The molecule has 0 aliphatic heterocycles. The van der Waals surface area contributed by atoms with Gasteiger partial charge >= 0.3 is 0 Å². The maximum atomic E-state index is 13.5. The summed E-state index contributed by atoms with van der Waals surface area (Å²) >= 11 is 0. The normalized spacial score (nSPS) is 9.95. The minimum Gasteiger partial charge on any atom is -0.345 e. The Balaban J connectivity index is 2.80. The molecule has 1 aromatic rings. The Morgan fingerprint density at radius 2 is 2.10 bits per heavy atom. The monoisotopic (exact) mass is 283 g/mol. The van der Waals surface area contributed by atoms with Crippen LogP contribution in [0.25, 0.3) is 0 Å². The second-order valence-corrected chi connectivity index (χ2v) is 4.01. The van der Waals surface area contributed by atoms with Crippen LogP contribution < -0.4 is 5.32 Å². The number of benzene rings is 1. The van der Waals surface area contributed by atoms with Crippen LogP contribution in [0.2, 0.25) is 0 Å². The molecule has 0 heterocycles. The van der Waals surface area contributed by atoms with Crippen LogP contribution in [-0.2, 0) is 4.79 Å².